The number of nitrogens with zero attached hydrogens (tertiary/aromatic N) is 1. The quantitative estimate of drug-likeness (QED) is 0.678. The second-order valence-electron chi connectivity index (χ2n) is 5.98. The van der Waals surface area contributed by atoms with E-state index >= 15 is 0 Å². The van der Waals surface area contributed by atoms with Crippen molar-refractivity contribution >= 4 is 16.0 Å². The molecule has 8 heteroatoms. The molecular weight excluding hydrogens is 371 g/mol. The third-order valence-corrected chi connectivity index (χ3v) is 5.05. The molecule has 0 radical (unpaired) electrons. The van der Waals surface area contributed by atoms with Gasteiger partial charge in [0.1, 0.15) is 5.82 Å². The molecule has 0 saturated heterocycles. The highest BCUT2D eigenvalue weighted by Crippen LogP contribution is 2.28. The molecule has 0 aliphatic heterocycles. The van der Waals surface area contributed by atoms with Gasteiger partial charge < -0.3 is 9.67 Å². The van der Waals surface area contributed by atoms with E-state index in [1.165, 1.54) is 24.3 Å². The van der Waals surface area contributed by atoms with Crippen molar-refractivity contribution in [3.8, 4) is 16.9 Å². The van der Waals surface area contributed by atoms with Crippen LogP contribution in [-0.4, -0.2) is 24.1 Å². The standard InChI is InChI=1S/C19H17FN2O4S/c20-14-3-1-13(2-4-14)18-11-7-16(8-12-19(23)24)22(18)15-5-9-17(10-6-15)27(21,25)26/h1-7,9-11H,8,12H2,(H,23,24)(H2,21,25,26). The Morgan fingerprint density at radius 1 is 1.00 bits per heavy atom. The zero-order valence-corrected chi connectivity index (χ0v) is 15.0. The zero-order valence-electron chi connectivity index (χ0n) is 14.2. The number of nitrogens with two attached hydrogens (primary N) is 1. The predicted octanol–water partition coefficient (Wildman–Crippen LogP) is 2.95. The fourth-order valence-corrected chi connectivity index (χ4v) is 3.36. The second kappa shape index (κ2) is 7.34. The van der Waals surface area contributed by atoms with Gasteiger partial charge in [0.2, 0.25) is 10.0 Å². The smallest absolute Gasteiger partial charge is 0.303 e. The topological polar surface area (TPSA) is 102 Å². The Hall–Kier alpha value is -2.97. The molecule has 27 heavy (non-hydrogen) atoms. The Morgan fingerprint density at radius 2 is 1.63 bits per heavy atom. The fourth-order valence-electron chi connectivity index (χ4n) is 2.84. The van der Waals surface area contributed by atoms with Crippen LogP contribution in [0.1, 0.15) is 12.1 Å². The number of sulfonamides is 1. The number of carboxylic acid groups (broad SMARTS) is 1. The number of aliphatic carboxylic acids is 1. The first-order chi connectivity index (χ1) is 12.8. The van der Waals surface area contributed by atoms with Gasteiger partial charge in [-0.15, -0.1) is 0 Å². The normalized spacial score (nSPS) is 11.5. The van der Waals surface area contributed by atoms with Gasteiger partial charge >= 0.3 is 5.97 Å². The monoisotopic (exact) mass is 388 g/mol. The van der Waals surface area contributed by atoms with Crippen molar-refractivity contribution in [3.05, 3.63) is 72.2 Å². The van der Waals surface area contributed by atoms with Crippen molar-refractivity contribution in [1.29, 1.82) is 0 Å². The minimum atomic E-state index is -3.82. The highest BCUT2D eigenvalue weighted by Gasteiger charge is 2.14. The number of aromatic nitrogens is 1. The average Bonchev–Trinajstić information content (AvgIpc) is 3.04. The highest BCUT2D eigenvalue weighted by molar-refractivity contribution is 7.89. The SMILES string of the molecule is NS(=O)(=O)c1ccc(-n2c(CCC(=O)O)ccc2-c2ccc(F)cc2)cc1. The zero-order chi connectivity index (χ0) is 19.6. The second-order valence-corrected chi connectivity index (χ2v) is 7.55. The number of hydrogen-bond acceptors (Lipinski definition) is 3. The van der Waals surface area contributed by atoms with E-state index in [9.17, 15) is 17.6 Å². The summed E-state index contributed by atoms with van der Waals surface area (Å²) in [7, 11) is -3.82. The molecule has 0 amide bonds. The summed E-state index contributed by atoms with van der Waals surface area (Å²) >= 11 is 0. The van der Waals surface area contributed by atoms with Crippen LogP contribution in [0.2, 0.25) is 0 Å². The first-order valence-electron chi connectivity index (χ1n) is 8.07. The van der Waals surface area contributed by atoms with Gasteiger partial charge in [-0.1, -0.05) is 0 Å². The van der Waals surface area contributed by atoms with E-state index in [4.69, 9.17) is 10.2 Å². The number of aryl methyl sites for hydroxylation is 1. The maximum atomic E-state index is 13.3. The predicted molar refractivity (Wildman–Crippen MR) is 98.5 cm³/mol. The summed E-state index contributed by atoms with van der Waals surface area (Å²) in [4.78, 5) is 10.9. The van der Waals surface area contributed by atoms with Crippen LogP contribution in [0, 0.1) is 5.82 Å². The van der Waals surface area contributed by atoms with E-state index in [1.807, 2.05) is 10.6 Å². The van der Waals surface area contributed by atoms with Gasteiger partial charge in [-0.05, 0) is 72.6 Å². The Balaban J connectivity index is 2.11. The number of hydrogen-bond donors (Lipinski definition) is 2. The number of carbonyl (C=O) groups is 1. The van der Waals surface area contributed by atoms with Crippen LogP contribution in [-0.2, 0) is 21.2 Å². The molecule has 3 rings (SSSR count). The molecule has 0 aliphatic carbocycles. The summed E-state index contributed by atoms with van der Waals surface area (Å²) in [6, 6.07) is 15.5. The Labute approximate surface area is 155 Å². The van der Waals surface area contributed by atoms with Crippen molar-refractivity contribution in [2.75, 3.05) is 0 Å². The molecule has 0 saturated carbocycles. The molecule has 3 aromatic rings. The van der Waals surface area contributed by atoms with Gasteiger partial charge in [-0.25, -0.2) is 17.9 Å². The van der Waals surface area contributed by atoms with Gasteiger partial charge in [0.05, 0.1) is 17.0 Å². The molecule has 0 aliphatic rings. The van der Waals surface area contributed by atoms with Gasteiger partial charge in [0, 0.05) is 11.4 Å². The lowest BCUT2D eigenvalue weighted by atomic mass is 10.1. The van der Waals surface area contributed by atoms with Crippen LogP contribution in [0.25, 0.3) is 16.9 Å². The largest absolute Gasteiger partial charge is 0.481 e. The van der Waals surface area contributed by atoms with Crippen molar-refractivity contribution < 1.29 is 22.7 Å². The lowest BCUT2D eigenvalue weighted by molar-refractivity contribution is -0.136. The fraction of sp³-hybridized carbons (Fsp3) is 0.105. The van der Waals surface area contributed by atoms with Crippen molar-refractivity contribution in [3.63, 3.8) is 0 Å². The maximum absolute atomic E-state index is 13.3. The van der Waals surface area contributed by atoms with E-state index in [2.05, 4.69) is 0 Å². The number of halogens is 1. The minimum absolute atomic E-state index is 0.0196. The number of rotatable bonds is 6. The van der Waals surface area contributed by atoms with Gasteiger partial charge in [-0.3, -0.25) is 4.79 Å². The van der Waals surface area contributed by atoms with Crippen LogP contribution in [0.15, 0.2) is 65.6 Å². The molecule has 6 nitrogen and oxygen atoms in total. The first-order valence-corrected chi connectivity index (χ1v) is 9.62. The lowest BCUT2D eigenvalue weighted by Gasteiger charge is -2.14. The molecule has 3 N–H and O–H groups in total. The van der Waals surface area contributed by atoms with E-state index in [-0.39, 0.29) is 23.6 Å². The molecule has 0 fully saturated rings. The van der Waals surface area contributed by atoms with Gasteiger partial charge in [0.25, 0.3) is 0 Å². The van der Waals surface area contributed by atoms with Crippen LogP contribution in [0.5, 0.6) is 0 Å². The number of carboxylic acids is 1. The summed E-state index contributed by atoms with van der Waals surface area (Å²) in [5.74, 6) is -1.28. The van der Waals surface area contributed by atoms with Crippen molar-refractivity contribution in [2.45, 2.75) is 17.7 Å². The average molecular weight is 388 g/mol. The molecule has 140 valence electrons. The molecular formula is C19H17FN2O4S. The van der Waals surface area contributed by atoms with E-state index in [1.54, 1.807) is 30.3 Å². The van der Waals surface area contributed by atoms with E-state index in [0.29, 0.717) is 5.69 Å². The molecule has 0 spiro atoms. The van der Waals surface area contributed by atoms with Gasteiger partial charge in [-0.2, -0.15) is 0 Å². The lowest BCUT2D eigenvalue weighted by Crippen LogP contribution is -2.12. The summed E-state index contributed by atoms with van der Waals surface area (Å²) in [5.41, 5.74) is 2.86. The van der Waals surface area contributed by atoms with Crippen molar-refractivity contribution in [2.24, 2.45) is 5.14 Å². The van der Waals surface area contributed by atoms with Crippen LogP contribution in [0.3, 0.4) is 0 Å². The minimum Gasteiger partial charge on any atom is -0.481 e. The third-order valence-electron chi connectivity index (χ3n) is 4.12. The van der Waals surface area contributed by atoms with E-state index in [0.717, 1.165) is 17.0 Å². The molecule has 2 aromatic carbocycles. The summed E-state index contributed by atoms with van der Waals surface area (Å²) in [5, 5.41) is 14.1. The first kappa shape index (κ1) is 18.8. The molecule has 0 unspecified atom stereocenters. The molecule has 1 heterocycles. The Kier molecular flexibility index (Phi) is 5.11. The summed E-state index contributed by atoms with van der Waals surface area (Å²) in [6.45, 7) is 0. The van der Waals surface area contributed by atoms with Gasteiger partial charge in [0.15, 0.2) is 0 Å². The maximum Gasteiger partial charge on any atom is 0.303 e. The molecule has 1 aromatic heterocycles. The Morgan fingerprint density at radius 3 is 2.19 bits per heavy atom. The third kappa shape index (κ3) is 4.24. The molecule has 0 bridgehead atoms. The van der Waals surface area contributed by atoms with Crippen LogP contribution >= 0.6 is 0 Å². The Bertz CT molecular complexity index is 1070. The number of primary sulfonamides is 1. The summed E-state index contributed by atoms with van der Waals surface area (Å²) < 4.78 is 38.0. The van der Waals surface area contributed by atoms with Crippen LogP contribution < -0.4 is 5.14 Å². The molecule has 0 atom stereocenters. The van der Waals surface area contributed by atoms with E-state index < -0.39 is 16.0 Å². The van der Waals surface area contributed by atoms with Crippen molar-refractivity contribution in [1.82, 2.24) is 4.57 Å². The van der Waals surface area contributed by atoms with Crippen LogP contribution in [0.4, 0.5) is 4.39 Å². The number of benzene rings is 2. The highest BCUT2D eigenvalue weighted by atomic mass is 32.2. The summed E-state index contributed by atoms with van der Waals surface area (Å²) in [6.07, 6.45) is 0.232.